The number of benzene rings is 2. The van der Waals surface area contributed by atoms with E-state index in [9.17, 15) is 4.79 Å². The maximum Gasteiger partial charge on any atom is 0.186 e. The second kappa shape index (κ2) is 7.05. The highest BCUT2D eigenvalue weighted by atomic mass is 16.1. The van der Waals surface area contributed by atoms with E-state index in [0.29, 0.717) is 0 Å². The highest BCUT2D eigenvalue weighted by Crippen LogP contribution is 2.38. The molecule has 2 aromatic carbocycles. The normalized spacial score (nSPS) is 15.4. The zero-order chi connectivity index (χ0) is 20.7. The van der Waals surface area contributed by atoms with Crippen LogP contribution in [0.25, 0.3) is 10.8 Å². The monoisotopic (exact) mass is 374 g/mol. The summed E-state index contributed by atoms with van der Waals surface area (Å²) in [4.78, 5) is 18.1. The van der Waals surface area contributed by atoms with Gasteiger partial charge in [0.15, 0.2) is 5.78 Å². The van der Waals surface area contributed by atoms with Crippen molar-refractivity contribution in [3.8, 4) is 0 Å². The third kappa shape index (κ3) is 3.80. The summed E-state index contributed by atoms with van der Waals surface area (Å²) in [7, 11) is 1.92. The smallest absolute Gasteiger partial charge is 0.186 e. The van der Waals surface area contributed by atoms with E-state index < -0.39 is 0 Å². The van der Waals surface area contributed by atoms with Crippen LogP contribution in [0.2, 0.25) is 0 Å². The molecule has 146 valence electrons. The number of aliphatic imine (C=N–C) groups is 1. The SMILES string of the molecule is CNc1cccc2cccc(N=C3C=C(C(C)(C)C)C(=O)C(C(C)(C)C)=C3)c12. The maximum atomic E-state index is 13.1. The van der Waals surface area contributed by atoms with Crippen LogP contribution < -0.4 is 5.32 Å². The van der Waals surface area contributed by atoms with Crippen LogP contribution in [0.4, 0.5) is 11.4 Å². The minimum absolute atomic E-state index is 0.132. The molecule has 3 heteroatoms. The Morgan fingerprint density at radius 1 is 0.821 bits per heavy atom. The Bertz CT molecular complexity index is 983. The minimum Gasteiger partial charge on any atom is -0.388 e. The van der Waals surface area contributed by atoms with Crippen LogP contribution in [0.15, 0.2) is 64.7 Å². The Labute approximate surface area is 168 Å². The molecule has 1 N–H and O–H groups in total. The van der Waals surface area contributed by atoms with Gasteiger partial charge in [0.2, 0.25) is 0 Å². The van der Waals surface area contributed by atoms with Gasteiger partial charge in [0.1, 0.15) is 0 Å². The molecule has 0 aromatic heterocycles. The number of carbonyl (C=O) groups excluding carboxylic acids is 1. The number of rotatable bonds is 2. The fourth-order valence-corrected chi connectivity index (χ4v) is 3.55. The Morgan fingerprint density at radius 2 is 1.36 bits per heavy atom. The van der Waals surface area contributed by atoms with E-state index in [4.69, 9.17) is 4.99 Å². The highest BCUT2D eigenvalue weighted by molar-refractivity contribution is 6.23. The number of anilines is 1. The summed E-state index contributed by atoms with van der Waals surface area (Å²) in [5, 5.41) is 5.50. The molecule has 0 unspecified atom stereocenters. The third-order valence-electron chi connectivity index (χ3n) is 5.09. The number of fused-ring (bicyclic) bond motifs is 1. The lowest BCUT2D eigenvalue weighted by Gasteiger charge is -2.31. The van der Waals surface area contributed by atoms with Gasteiger partial charge in [-0.05, 0) is 40.5 Å². The van der Waals surface area contributed by atoms with E-state index in [1.54, 1.807) is 0 Å². The molecule has 0 atom stereocenters. The molecule has 1 aliphatic rings. The van der Waals surface area contributed by atoms with Gasteiger partial charge >= 0.3 is 0 Å². The molecule has 0 saturated carbocycles. The van der Waals surface area contributed by atoms with Crippen LogP contribution >= 0.6 is 0 Å². The van der Waals surface area contributed by atoms with Gasteiger partial charge in [-0.3, -0.25) is 4.79 Å². The van der Waals surface area contributed by atoms with Crippen LogP contribution in [0.3, 0.4) is 0 Å². The van der Waals surface area contributed by atoms with E-state index in [0.717, 1.165) is 39.0 Å². The average molecular weight is 375 g/mol. The fraction of sp³-hybridized carbons (Fsp3) is 0.360. The molecule has 3 rings (SSSR count). The summed E-state index contributed by atoms with van der Waals surface area (Å²) in [6, 6.07) is 12.3. The predicted octanol–water partition coefficient (Wildman–Crippen LogP) is 6.48. The molecule has 0 amide bonds. The molecular formula is C25H30N2O. The molecule has 0 saturated heterocycles. The molecule has 28 heavy (non-hydrogen) atoms. The Hall–Kier alpha value is -2.68. The summed E-state index contributed by atoms with van der Waals surface area (Å²) in [5.74, 6) is 0.132. The topological polar surface area (TPSA) is 41.5 Å². The van der Waals surface area contributed by atoms with Crippen molar-refractivity contribution < 1.29 is 4.79 Å². The van der Waals surface area contributed by atoms with Crippen LogP contribution in [0, 0.1) is 10.8 Å². The first-order valence-electron chi connectivity index (χ1n) is 9.79. The molecular weight excluding hydrogens is 344 g/mol. The van der Waals surface area contributed by atoms with Crippen LogP contribution in [-0.2, 0) is 4.79 Å². The van der Waals surface area contributed by atoms with E-state index in [1.165, 1.54) is 0 Å². The Kier molecular flexibility index (Phi) is 5.05. The molecule has 3 nitrogen and oxygen atoms in total. The number of hydrogen-bond donors (Lipinski definition) is 1. The van der Waals surface area contributed by atoms with Gasteiger partial charge in [0.25, 0.3) is 0 Å². The van der Waals surface area contributed by atoms with Crippen molar-refractivity contribution in [3.63, 3.8) is 0 Å². The van der Waals surface area contributed by atoms with Gasteiger partial charge in [0, 0.05) is 29.3 Å². The molecule has 0 bridgehead atoms. The number of hydrogen-bond acceptors (Lipinski definition) is 3. The van der Waals surface area contributed by atoms with Crippen LogP contribution in [0.5, 0.6) is 0 Å². The van der Waals surface area contributed by atoms with Gasteiger partial charge in [0.05, 0.1) is 11.4 Å². The predicted molar refractivity (Wildman–Crippen MR) is 121 cm³/mol. The Balaban J connectivity index is 2.25. The van der Waals surface area contributed by atoms with Gasteiger partial charge in [-0.15, -0.1) is 0 Å². The largest absolute Gasteiger partial charge is 0.388 e. The van der Waals surface area contributed by atoms with E-state index in [-0.39, 0.29) is 16.6 Å². The first kappa shape index (κ1) is 20.1. The standard InChI is InChI=1S/C25H30N2O/c1-24(2,3)18-14-17(15-19(23(18)28)25(4,5)6)27-21-13-9-11-16-10-8-12-20(26-7)22(16)21/h8-15,26H,1-7H3. The van der Waals surface area contributed by atoms with Crippen LogP contribution in [-0.4, -0.2) is 18.5 Å². The molecule has 0 fully saturated rings. The molecule has 2 aromatic rings. The number of Topliss-reactive ketones (excluding diaryl/α,β-unsaturated/α-hetero) is 1. The van der Waals surface area contributed by atoms with Crippen molar-refractivity contribution in [1.82, 2.24) is 0 Å². The number of nitrogens with zero attached hydrogens (tertiary/aromatic N) is 1. The second-order valence-electron chi connectivity index (χ2n) is 9.41. The van der Waals surface area contributed by atoms with Gasteiger partial charge in [-0.1, -0.05) is 65.8 Å². The van der Waals surface area contributed by atoms with Gasteiger partial charge in [-0.2, -0.15) is 0 Å². The lowest BCUT2D eigenvalue weighted by molar-refractivity contribution is -0.114. The Morgan fingerprint density at radius 3 is 1.86 bits per heavy atom. The van der Waals surface area contributed by atoms with Crippen molar-refractivity contribution in [3.05, 3.63) is 59.7 Å². The number of allylic oxidation sites excluding steroid dienone is 4. The molecule has 0 spiro atoms. The lowest BCUT2D eigenvalue weighted by atomic mass is 9.72. The summed E-state index contributed by atoms with van der Waals surface area (Å²) in [6.07, 6.45) is 3.91. The average Bonchev–Trinajstić information content (AvgIpc) is 2.60. The highest BCUT2D eigenvalue weighted by Gasteiger charge is 2.34. The molecule has 0 aliphatic heterocycles. The molecule has 1 aliphatic carbocycles. The number of ketones is 1. The minimum atomic E-state index is -0.239. The number of carbonyl (C=O) groups is 1. The van der Waals surface area contributed by atoms with Gasteiger partial charge < -0.3 is 5.32 Å². The summed E-state index contributed by atoms with van der Waals surface area (Å²) < 4.78 is 0. The van der Waals surface area contributed by atoms with Crippen molar-refractivity contribution in [2.24, 2.45) is 15.8 Å². The molecule has 0 heterocycles. The fourth-order valence-electron chi connectivity index (χ4n) is 3.55. The summed E-state index contributed by atoms with van der Waals surface area (Å²) >= 11 is 0. The molecule has 0 radical (unpaired) electrons. The van der Waals surface area contributed by atoms with Crippen molar-refractivity contribution >= 4 is 33.6 Å². The lowest BCUT2D eigenvalue weighted by Crippen LogP contribution is -2.29. The van der Waals surface area contributed by atoms with Crippen molar-refractivity contribution in [2.45, 2.75) is 41.5 Å². The van der Waals surface area contributed by atoms with Crippen molar-refractivity contribution in [2.75, 3.05) is 12.4 Å². The zero-order valence-electron chi connectivity index (χ0n) is 18.0. The third-order valence-corrected chi connectivity index (χ3v) is 5.09. The zero-order valence-corrected chi connectivity index (χ0v) is 18.0. The van der Waals surface area contributed by atoms with E-state index >= 15 is 0 Å². The quantitative estimate of drug-likeness (QED) is 0.611. The maximum absolute atomic E-state index is 13.1. The van der Waals surface area contributed by atoms with Crippen molar-refractivity contribution in [1.29, 1.82) is 0 Å². The summed E-state index contributed by atoms with van der Waals surface area (Å²) in [6.45, 7) is 12.5. The van der Waals surface area contributed by atoms with Crippen LogP contribution in [0.1, 0.15) is 41.5 Å². The van der Waals surface area contributed by atoms with Gasteiger partial charge in [-0.25, -0.2) is 4.99 Å². The second-order valence-corrected chi connectivity index (χ2v) is 9.41. The first-order valence-corrected chi connectivity index (χ1v) is 9.79. The van der Waals surface area contributed by atoms with E-state index in [2.05, 4.69) is 65.1 Å². The first-order chi connectivity index (χ1) is 13.0. The summed E-state index contributed by atoms with van der Waals surface area (Å²) in [5.41, 5.74) is 3.92. The van der Waals surface area contributed by atoms with E-state index in [1.807, 2.05) is 37.4 Å². The number of nitrogens with one attached hydrogen (secondary N) is 1.